The second-order valence-corrected chi connectivity index (χ2v) is 2.68. The summed E-state index contributed by atoms with van der Waals surface area (Å²) in [6, 6.07) is 0. The Bertz CT molecular complexity index is 330. The van der Waals surface area contributed by atoms with Crippen LogP contribution in [-0.4, -0.2) is 22.9 Å². The normalized spacial score (nSPS) is 10.1. The van der Waals surface area contributed by atoms with Crippen LogP contribution in [0.1, 0.15) is 23.0 Å². The van der Waals surface area contributed by atoms with E-state index in [-0.39, 0.29) is 0 Å². The maximum absolute atomic E-state index is 11.3. The Labute approximate surface area is 76.5 Å². The van der Waals surface area contributed by atoms with Crippen molar-refractivity contribution in [3.8, 4) is 0 Å². The molecule has 5 heteroatoms. The number of carbonyl (C=O) groups is 1. The van der Waals surface area contributed by atoms with E-state index in [1.54, 1.807) is 7.05 Å². The van der Waals surface area contributed by atoms with Crippen LogP contribution in [0.3, 0.4) is 0 Å². The number of methoxy groups -OCH3 is 1. The lowest BCUT2D eigenvalue weighted by molar-refractivity contribution is 0.0600. The first-order chi connectivity index (χ1) is 6.11. The zero-order valence-electron chi connectivity index (χ0n) is 8.00. The van der Waals surface area contributed by atoms with Crippen LogP contribution in [-0.2, 0) is 18.2 Å². The van der Waals surface area contributed by atoms with Gasteiger partial charge in [0.1, 0.15) is 11.4 Å². The van der Waals surface area contributed by atoms with Crippen molar-refractivity contribution in [2.75, 3.05) is 12.8 Å². The lowest BCUT2D eigenvalue weighted by Crippen LogP contribution is -2.07. The highest BCUT2D eigenvalue weighted by atomic mass is 16.5. The Morgan fingerprint density at radius 3 is 2.77 bits per heavy atom. The minimum absolute atomic E-state index is 0.351. The summed E-state index contributed by atoms with van der Waals surface area (Å²) in [6.07, 6.45) is 0.662. The van der Waals surface area contributed by atoms with E-state index in [9.17, 15) is 4.79 Å². The van der Waals surface area contributed by atoms with Crippen LogP contribution in [0.25, 0.3) is 0 Å². The third-order valence-corrected chi connectivity index (χ3v) is 1.89. The summed E-state index contributed by atoms with van der Waals surface area (Å²) in [5, 5.41) is 4.09. The minimum atomic E-state index is -0.428. The van der Waals surface area contributed by atoms with Gasteiger partial charge in [-0.3, -0.25) is 4.68 Å². The molecule has 0 aliphatic rings. The van der Waals surface area contributed by atoms with Crippen molar-refractivity contribution in [2.24, 2.45) is 7.05 Å². The number of carbonyl (C=O) groups excluding carboxylic acids is 1. The number of aromatic nitrogens is 2. The minimum Gasteiger partial charge on any atom is -0.465 e. The zero-order valence-corrected chi connectivity index (χ0v) is 8.00. The second-order valence-electron chi connectivity index (χ2n) is 2.68. The van der Waals surface area contributed by atoms with E-state index in [4.69, 9.17) is 5.73 Å². The number of nitrogens with zero attached hydrogens (tertiary/aromatic N) is 2. The molecule has 2 N–H and O–H groups in total. The van der Waals surface area contributed by atoms with Crippen molar-refractivity contribution in [3.63, 3.8) is 0 Å². The third-order valence-electron chi connectivity index (χ3n) is 1.89. The molecule has 1 aromatic rings. The standard InChI is InChI=1S/C8H13N3O2/c1-4-5-6(8(12)13-3)7(9)11(2)10-5/h4,9H2,1-3H3. The second kappa shape index (κ2) is 3.47. The molecule has 0 bridgehead atoms. The first-order valence-electron chi connectivity index (χ1n) is 4.01. The van der Waals surface area contributed by atoms with Gasteiger partial charge in [0, 0.05) is 7.05 Å². The highest BCUT2D eigenvalue weighted by Gasteiger charge is 2.19. The molecular formula is C8H13N3O2. The van der Waals surface area contributed by atoms with Crippen LogP contribution in [0.15, 0.2) is 0 Å². The van der Waals surface area contributed by atoms with E-state index >= 15 is 0 Å². The summed E-state index contributed by atoms with van der Waals surface area (Å²) >= 11 is 0. The first kappa shape index (κ1) is 9.57. The van der Waals surface area contributed by atoms with Crippen molar-refractivity contribution in [1.29, 1.82) is 0 Å². The predicted octanol–water partition coefficient (Wildman–Crippen LogP) is 0.351. The first-order valence-corrected chi connectivity index (χ1v) is 4.01. The van der Waals surface area contributed by atoms with Crippen LogP contribution in [0.4, 0.5) is 5.82 Å². The maximum Gasteiger partial charge on any atom is 0.343 e. The lowest BCUT2D eigenvalue weighted by atomic mass is 10.2. The summed E-state index contributed by atoms with van der Waals surface area (Å²) < 4.78 is 6.08. The van der Waals surface area contributed by atoms with Crippen LogP contribution in [0, 0.1) is 0 Å². The average Bonchev–Trinajstić information content (AvgIpc) is 2.42. The van der Waals surface area contributed by atoms with Gasteiger partial charge in [0.2, 0.25) is 0 Å². The molecule has 0 spiro atoms. The molecule has 0 aliphatic carbocycles. The number of rotatable bonds is 2. The predicted molar refractivity (Wildman–Crippen MR) is 48.3 cm³/mol. The quantitative estimate of drug-likeness (QED) is 0.672. The fourth-order valence-electron chi connectivity index (χ4n) is 1.17. The van der Waals surface area contributed by atoms with Gasteiger partial charge in [0.25, 0.3) is 0 Å². The van der Waals surface area contributed by atoms with Crippen LogP contribution in [0.5, 0.6) is 0 Å². The van der Waals surface area contributed by atoms with Crippen molar-refractivity contribution in [1.82, 2.24) is 9.78 Å². The number of nitrogen functional groups attached to an aromatic ring is 1. The lowest BCUT2D eigenvalue weighted by Gasteiger charge is -1.98. The number of hydrogen-bond acceptors (Lipinski definition) is 4. The topological polar surface area (TPSA) is 70.1 Å². The number of ether oxygens (including phenoxy) is 1. The number of anilines is 1. The maximum atomic E-state index is 11.3. The van der Waals surface area contributed by atoms with Crippen molar-refractivity contribution in [3.05, 3.63) is 11.3 Å². The van der Waals surface area contributed by atoms with Crippen LogP contribution >= 0.6 is 0 Å². The van der Waals surface area contributed by atoms with E-state index in [2.05, 4.69) is 9.84 Å². The van der Waals surface area contributed by atoms with E-state index in [0.29, 0.717) is 23.5 Å². The summed E-state index contributed by atoms with van der Waals surface area (Å²) in [7, 11) is 3.02. The molecular weight excluding hydrogens is 170 g/mol. The summed E-state index contributed by atoms with van der Waals surface area (Å²) in [6.45, 7) is 1.91. The number of nitrogens with two attached hydrogens (primary N) is 1. The molecule has 0 saturated heterocycles. The van der Waals surface area contributed by atoms with Crippen molar-refractivity contribution in [2.45, 2.75) is 13.3 Å². The fraction of sp³-hybridized carbons (Fsp3) is 0.500. The smallest absolute Gasteiger partial charge is 0.343 e. The summed E-state index contributed by atoms with van der Waals surface area (Å²) in [4.78, 5) is 11.3. The molecule has 0 amide bonds. The Kier molecular flexibility index (Phi) is 2.55. The van der Waals surface area contributed by atoms with E-state index in [0.717, 1.165) is 0 Å². The highest BCUT2D eigenvalue weighted by molar-refractivity contribution is 5.95. The van der Waals surface area contributed by atoms with Crippen LogP contribution in [0.2, 0.25) is 0 Å². The average molecular weight is 183 g/mol. The SMILES string of the molecule is CCc1nn(C)c(N)c1C(=O)OC. The van der Waals surface area contributed by atoms with E-state index in [1.807, 2.05) is 6.92 Å². The van der Waals surface area contributed by atoms with Crippen molar-refractivity contribution >= 4 is 11.8 Å². The van der Waals surface area contributed by atoms with Crippen molar-refractivity contribution < 1.29 is 9.53 Å². The van der Waals surface area contributed by atoms with E-state index in [1.165, 1.54) is 11.8 Å². The Hall–Kier alpha value is -1.52. The molecule has 0 atom stereocenters. The summed E-state index contributed by atoms with van der Waals surface area (Å²) in [5.41, 5.74) is 6.71. The largest absolute Gasteiger partial charge is 0.465 e. The third kappa shape index (κ3) is 1.49. The number of esters is 1. The summed E-state index contributed by atoms with van der Waals surface area (Å²) in [5.74, 6) is -0.0776. The molecule has 0 aliphatic heterocycles. The molecule has 0 saturated carbocycles. The molecule has 1 rings (SSSR count). The molecule has 0 radical (unpaired) electrons. The van der Waals surface area contributed by atoms with Gasteiger partial charge >= 0.3 is 5.97 Å². The van der Waals surface area contributed by atoms with Gasteiger partial charge in [-0.2, -0.15) is 5.10 Å². The molecule has 72 valence electrons. The Balaban J connectivity index is 3.23. The molecule has 13 heavy (non-hydrogen) atoms. The number of hydrogen-bond donors (Lipinski definition) is 1. The highest BCUT2D eigenvalue weighted by Crippen LogP contribution is 2.17. The molecule has 5 nitrogen and oxygen atoms in total. The molecule has 0 aromatic carbocycles. The van der Waals surface area contributed by atoms with Gasteiger partial charge in [-0.15, -0.1) is 0 Å². The van der Waals surface area contributed by atoms with Crippen LogP contribution < -0.4 is 5.73 Å². The van der Waals surface area contributed by atoms with Gasteiger partial charge in [0.15, 0.2) is 0 Å². The fourth-order valence-corrected chi connectivity index (χ4v) is 1.17. The Morgan fingerprint density at radius 1 is 1.69 bits per heavy atom. The van der Waals surface area contributed by atoms with E-state index < -0.39 is 5.97 Å². The zero-order chi connectivity index (χ0) is 10.0. The molecule has 1 aromatic heterocycles. The van der Waals surface area contributed by atoms with Gasteiger partial charge < -0.3 is 10.5 Å². The van der Waals surface area contributed by atoms with Gasteiger partial charge in [0.05, 0.1) is 12.8 Å². The molecule has 0 fully saturated rings. The van der Waals surface area contributed by atoms with Gasteiger partial charge in [-0.1, -0.05) is 6.92 Å². The van der Waals surface area contributed by atoms with Gasteiger partial charge in [-0.05, 0) is 6.42 Å². The molecule has 1 heterocycles. The number of aryl methyl sites for hydroxylation is 2. The molecule has 0 unspecified atom stereocenters. The monoisotopic (exact) mass is 183 g/mol. The Morgan fingerprint density at radius 2 is 2.31 bits per heavy atom. The van der Waals surface area contributed by atoms with Gasteiger partial charge in [-0.25, -0.2) is 4.79 Å².